The van der Waals surface area contributed by atoms with Crippen LogP contribution in [0.4, 0.5) is 0 Å². The van der Waals surface area contributed by atoms with Crippen molar-refractivity contribution >= 4 is 41.3 Å². The molecule has 1 saturated heterocycles. The zero-order valence-electron chi connectivity index (χ0n) is 17.9. The molecule has 3 heterocycles. The molecule has 0 amide bonds. The lowest BCUT2D eigenvalue weighted by Crippen LogP contribution is -2.42. The summed E-state index contributed by atoms with van der Waals surface area (Å²) < 4.78 is 1.97. The SMILES string of the molecule is CN=C(NCc1cnn(Cc2ccccc2)c1)NCC(c1cccs1)N1CCCC1.I. The van der Waals surface area contributed by atoms with Crippen LogP contribution in [0.1, 0.15) is 34.9 Å². The topological polar surface area (TPSA) is 57.5 Å². The maximum atomic E-state index is 4.49. The van der Waals surface area contributed by atoms with Gasteiger partial charge in [0.05, 0.1) is 18.8 Å². The molecule has 2 N–H and O–H groups in total. The number of thiophene rings is 1. The first kappa shape index (κ1) is 23.7. The largest absolute Gasteiger partial charge is 0.354 e. The van der Waals surface area contributed by atoms with Gasteiger partial charge in [0.2, 0.25) is 0 Å². The van der Waals surface area contributed by atoms with Crippen molar-refractivity contribution in [2.45, 2.75) is 32.0 Å². The standard InChI is InChI=1S/C23H30N6S.HI/c1-24-23(26-16-21(22-10-7-13-30-22)28-11-5-6-12-28)25-14-20-15-27-29(18-20)17-19-8-3-2-4-9-19;/h2-4,7-10,13,15,18,21H,5-6,11-12,14,16-17H2,1H3,(H2,24,25,26);1H. The number of nitrogens with one attached hydrogen (secondary N) is 2. The fourth-order valence-corrected chi connectivity index (χ4v) is 4.76. The van der Waals surface area contributed by atoms with Gasteiger partial charge in [-0.25, -0.2) is 0 Å². The molecule has 0 bridgehead atoms. The molecule has 3 aromatic rings. The van der Waals surface area contributed by atoms with Crippen LogP contribution in [0.3, 0.4) is 0 Å². The second kappa shape index (κ2) is 12.2. The van der Waals surface area contributed by atoms with Crippen LogP contribution < -0.4 is 10.6 Å². The first-order valence-corrected chi connectivity index (χ1v) is 11.5. The Labute approximate surface area is 205 Å². The van der Waals surface area contributed by atoms with Gasteiger partial charge in [-0.15, -0.1) is 35.3 Å². The maximum absolute atomic E-state index is 4.49. The summed E-state index contributed by atoms with van der Waals surface area (Å²) in [6.45, 7) is 4.69. The Bertz CT molecular complexity index is 919. The number of nitrogens with zero attached hydrogens (tertiary/aromatic N) is 4. The third-order valence-electron chi connectivity index (χ3n) is 5.47. The highest BCUT2D eigenvalue weighted by atomic mass is 127. The fourth-order valence-electron chi connectivity index (χ4n) is 3.90. The third kappa shape index (κ3) is 6.78. The Hall–Kier alpha value is -1.91. The van der Waals surface area contributed by atoms with E-state index < -0.39 is 0 Å². The Morgan fingerprint density at radius 3 is 2.61 bits per heavy atom. The molecular weight excluding hydrogens is 519 g/mol. The number of aromatic nitrogens is 2. The molecule has 4 rings (SSSR count). The van der Waals surface area contributed by atoms with E-state index in [1.807, 2.05) is 35.3 Å². The van der Waals surface area contributed by atoms with E-state index in [0.29, 0.717) is 12.6 Å². The Morgan fingerprint density at radius 1 is 1.10 bits per heavy atom. The predicted octanol–water partition coefficient (Wildman–Crippen LogP) is 4.11. The molecular formula is C23H31IN6S. The normalized spacial score (nSPS) is 15.5. The highest BCUT2D eigenvalue weighted by Crippen LogP contribution is 2.27. The number of halogens is 1. The van der Waals surface area contributed by atoms with Crippen LogP contribution in [0.2, 0.25) is 0 Å². The lowest BCUT2D eigenvalue weighted by molar-refractivity contribution is 0.249. The Morgan fingerprint density at radius 2 is 1.90 bits per heavy atom. The van der Waals surface area contributed by atoms with Gasteiger partial charge in [-0.05, 0) is 42.9 Å². The Balaban J connectivity index is 0.00000272. The van der Waals surface area contributed by atoms with Crippen molar-refractivity contribution in [2.75, 3.05) is 26.7 Å². The molecule has 6 nitrogen and oxygen atoms in total. The van der Waals surface area contributed by atoms with Crippen molar-refractivity contribution in [3.05, 3.63) is 76.2 Å². The first-order chi connectivity index (χ1) is 14.8. The van der Waals surface area contributed by atoms with Gasteiger partial charge in [-0.1, -0.05) is 36.4 Å². The molecule has 166 valence electrons. The molecule has 1 unspecified atom stereocenters. The number of hydrogen-bond acceptors (Lipinski definition) is 4. The molecule has 0 spiro atoms. The van der Waals surface area contributed by atoms with Gasteiger partial charge in [0.1, 0.15) is 0 Å². The van der Waals surface area contributed by atoms with Crippen molar-refractivity contribution in [1.82, 2.24) is 25.3 Å². The van der Waals surface area contributed by atoms with Crippen molar-refractivity contribution in [1.29, 1.82) is 0 Å². The van der Waals surface area contributed by atoms with E-state index in [9.17, 15) is 0 Å². The number of guanidine groups is 1. The van der Waals surface area contributed by atoms with Gasteiger partial charge in [-0.2, -0.15) is 5.10 Å². The monoisotopic (exact) mass is 550 g/mol. The van der Waals surface area contributed by atoms with Gasteiger partial charge in [0, 0.05) is 36.8 Å². The summed E-state index contributed by atoms with van der Waals surface area (Å²) in [6.07, 6.45) is 6.59. The van der Waals surface area contributed by atoms with Crippen LogP contribution in [-0.2, 0) is 13.1 Å². The first-order valence-electron chi connectivity index (χ1n) is 10.6. The summed E-state index contributed by atoms with van der Waals surface area (Å²) >= 11 is 1.84. The van der Waals surface area contributed by atoms with E-state index in [0.717, 1.165) is 24.6 Å². The number of benzene rings is 1. The van der Waals surface area contributed by atoms with Crippen molar-refractivity contribution in [3.8, 4) is 0 Å². The smallest absolute Gasteiger partial charge is 0.191 e. The van der Waals surface area contributed by atoms with Gasteiger partial charge in [0.15, 0.2) is 5.96 Å². The number of rotatable bonds is 8. The average Bonchev–Trinajstić information content (AvgIpc) is 3.55. The van der Waals surface area contributed by atoms with Crippen LogP contribution in [0.25, 0.3) is 0 Å². The zero-order valence-corrected chi connectivity index (χ0v) is 21.1. The summed E-state index contributed by atoms with van der Waals surface area (Å²) in [5, 5.41) is 13.6. The quantitative estimate of drug-likeness (QED) is 0.252. The summed E-state index contributed by atoms with van der Waals surface area (Å²) in [5.74, 6) is 0.826. The zero-order chi connectivity index (χ0) is 20.6. The Kier molecular flexibility index (Phi) is 9.35. The van der Waals surface area contributed by atoms with E-state index in [1.165, 1.54) is 36.4 Å². The van der Waals surface area contributed by atoms with E-state index >= 15 is 0 Å². The summed E-state index contributed by atoms with van der Waals surface area (Å²) in [6, 6.07) is 15.2. The summed E-state index contributed by atoms with van der Waals surface area (Å²) in [7, 11) is 1.82. The number of likely N-dealkylation sites (tertiary alicyclic amines) is 1. The van der Waals surface area contributed by atoms with E-state index in [4.69, 9.17) is 0 Å². The second-order valence-corrected chi connectivity index (χ2v) is 8.59. The van der Waals surface area contributed by atoms with Crippen LogP contribution in [0.15, 0.2) is 65.2 Å². The maximum Gasteiger partial charge on any atom is 0.191 e. The van der Waals surface area contributed by atoms with Gasteiger partial charge in [-0.3, -0.25) is 14.6 Å². The van der Waals surface area contributed by atoms with Crippen LogP contribution in [0, 0.1) is 0 Å². The summed E-state index contributed by atoms with van der Waals surface area (Å²) in [5.41, 5.74) is 2.39. The van der Waals surface area contributed by atoms with Crippen LogP contribution >= 0.6 is 35.3 Å². The second-order valence-electron chi connectivity index (χ2n) is 7.61. The van der Waals surface area contributed by atoms with E-state index in [-0.39, 0.29) is 24.0 Å². The predicted molar refractivity (Wildman–Crippen MR) is 139 cm³/mol. The highest BCUT2D eigenvalue weighted by molar-refractivity contribution is 14.0. The van der Waals surface area contributed by atoms with Gasteiger partial charge in [0.25, 0.3) is 0 Å². The molecule has 0 aliphatic carbocycles. The minimum absolute atomic E-state index is 0. The van der Waals surface area contributed by atoms with E-state index in [2.05, 4.69) is 73.6 Å². The summed E-state index contributed by atoms with van der Waals surface area (Å²) in [4.78, 5) is 8.41. The minimum Gasteiger partial charge on any atom is -0.354 e. The fraction of sp³-hybridized carbons (Fsp3) is 0.391. The molecule has 0 radical (unpaired) electrons. The molecule has 0 saturated carbocycles. The molecule has 1 atom stereocenters. The lowest BCUT2D eigenvalue weighted by atomic mass is 10.2. The molecule has 1 fully saturated rings. The van der Waals surface area contributed by atoms with Crippen molar-refractivity contribution in [3.63, 3.8) is 0 Å². The van der Waals surface area contributed by atoms with Crippen molar-refractivity contribution < 1.29 is 0 Å². The minimum atomic E-state index is 0. The highest BCUT2D eigenvalue weighted by Gasteiger charge is 2.24. The van der Waals surface area contributed by atoms with Crippen LogP contribution in [-0.4, -0.2) is 47.3 Å². The van der Waals surface area contributed by atoms with Crippen molar-refractivity contribution in [2.24, 2.45) is 4.99 Å². The van der Waals surface area contributed by atoms with Gasteiger partial charge >= 0.3 is 0 Å². The molecule has 1 aliphatic rings. The molecule has 2 aromatic heterocycles. The number of hydrogen-bond donors (Lipinski definition) is 2. The van der Waals surface area contributed by atoms with E-state index in [1.54, 1.807) is 0 Å². The molecule has 1 aliphatic heterocycles. The molecule has 31 heavy (non-hydrogen) atoms. The van der Waals surface area contributed by atoms with Gasteiger partial charge < -0.3 is 10.6 Å². The third-order valence-corrected chi connectivity index (χ3v) is 6.45. The molecule has 1 aromatic carbocycles. The van der Waals surface area contributed by atoms with Crippen LogP contribution in [0.5, 0.6) is 0 Å². The average molecular weight is 551 g/mol. The molecule has 8 heteroatoms. The lowest BCUT2D eigenvalue weighted by Gasteiger charge is -2.27. The number of aliphatic imine (C=N–C) groups is 1.